The highest BCUT2D eigenvalue weighted by Gasteiger charge is 2.32. The van der Waals surface area contributed by atoms with Gasteiger partial charge in [-0.2, -0.15) is 0 Å². The lowest BCUT2D eigenvalue weighted by atomic mass is 10.1. The van der Waals surface area contributed by atoms with E-state index < -0.39 is 28.7 Å². The molecule has 156 valence electrons. The zero-order valence-electron chi connectivity index (χ0n) is 15.8. The number of nitro groups is 1. The summed E-state index contributed by atoms with van der Waals surface area (Å²) in [6.07, 6.45) is 0. The standard InChI is InChI=1S/C20H13N3O6S2/c1-29-19(26)15(10-5-3-2-4-6-10)22-18(25)16(31-20(22)30)14-12-9-11(23(27)28)7-8-13(12)21-17(14)24/h2-9,15,25H,1H3. The van der Waals surface area contributed by atoms with Gasteiger partial charge < -0.3 is 9.84 Å². The molecule has 4 rings (SSSR count). The number of hydrogen-bond donors (Lipinski definition) is 1. The van der Waals surface area contributed by atoms with E-state index in [1.807, 2.05) is 0 Å². The molecule has 1 atom stereocenters. The van der Waals surface area contributed by atoms with E-state index in [2.05, 4.69) is 4.99 Å². The van der Waals surface area contributed by atoms with Gasteiger partial charge in [0, 0.05) is 17.4 Å². The highest BCUT2D eigenvalue weighted by molar-refractivity contribution is 7.73. The maximum atomic E-state index is 12.6. The predicted molar refractivity (Wildman–Crippen MR) is 113 cm³/mol. The Morgan fingerprint density at radius 3 is 2.65 bits per heavy atom. The van der Waals surface area contributed by atoms with Gasteiger partial charge in [-0.3, -0.25) is 19.5 Å². The van der Waals surface area contributed by atoms with Crippen molar-refractivity contribution >= 4 is 46.7 Å². The molecule has 1 aliphatic heterocycles. The van der Waals surface area contributed by atoms with Crippen molar-refractivity contribution < 1.29 is 24.4 Å². The number of nitrogens with zero attached hydrogens (tertiary/aromatic N) is 3. The Kier molecular flexibility index (Phi) is 5.21. The second-order valence-electron chi connectivity index (χ2n) is 6.48. The minimum absolute atomic E-state index is 0.0114. The van der Waals surface area contributed by atoms with Gasteiger partial charge in [0.2, 0.25) is 5.88 Å². The first kappa shape index (κ1) is 20.6. The number of hydrogen-bond acceptors (Lipinski definition) is 8. The number of amides is 1. The molecule has 2 aromatic carbocycles. The number of esters is 1. The zero-order valence-corrected chi connectivity index (χ0v) is 17.5. The number of non-ortho nitro benzene ring substituents is 1. The van der Waals surface area contributed by atoms with Crippen molar-refractivity contribution in [2.24, 2.45) is 4.99 Å². The Labute approximate surface area is 183 Å². The molecule has 0 aliphatic carbocycles. The molecule has 1 aliphatic rings. The fraction of sp³-hybridized carbons (Fsp3) is 0.100. The third-order valence-electron chi connectivity index (χ3n) is 4.74. The molecule has 0 saturated heterocycles. The second kappa shape index (κ2) is 7.85. The maximum absolute atomic E-state index is 12.6. The van der Waals surface area contributed by atoms with E-state index in [9.17, 15) is 24.8 Å². The molecule has 0 fully saturated rings. The number of thiazole rings is 1. The van der Waals surface area contributed by atoms with E-state index in [1.54, 1.807) is 30.3 Å². The lowest BCUT2D eigenvalue weighted by Crippen LogP contribution is -2.24. The number of aromatic nitrogens is 1. The number of benzene rings is 2. The van der Waals surface area contributed by atoms with Crippen LogP contribution < -0.4 is 10.6 Å². The molecule has 0 saturated carbocycles. The molecular formula is C20H13N3O6S2. The van der Waals surface area contributed by atoms with Crippen LogP contribution in [0.5, 0.6) is 5.88 Å². The smallest absolute Gasteiger partial charge is 0.333 e. The van der Waals surface area contributed by atoms with Crippen LogP contribution in [0.15, 0.2) is 53.5 Å². The maximum Gasteiger partial charge on any atom is 0.333 e. The van der Waals surface area contributed by atoms with Crippen molar-refractivity contribution in [1.29, 1.82) is 0 Å². The monoisotopic (exact) mass is 455 g/mol. The quantitative estimate of drug-likeness (QED) is 0.270. The zero-order chi connectivity index (χ0) is 22.3. The van der Waals surface area contributed by atoms with Crippen LogP contribution in [0.4, 0.5) is 5.69 Å². The summed E-state index contributed by atoms with van der Waals surface area (Å²) in [6, 6.07) is 11.3. The summed E-state index contributed by atoms with van der Waals surface area (Å²) in [4.78, 5) is 39.7. The fourth-order valence-corrected chi connectivity index (χ4v) is 4.74. The van der Waals surface area contributed by atoms with Gasteiger partial charge in [-0.1, -0.05) is 30.3 Å². The average molecular weight is 455 g/mol. The summed E-state index contributed by atoms with van der Waals surface area (Å²) >= 11 is 6.30. The number of carbonyl (C=O) groups is 2. The number of ether oxygens (including phenoxy) is 1. The molecule has 0 radical (unpaired) electrons. The van der Waals surface area contributed by atoms with Crippen molar-refractivity contribution in [3.05, 3.63) is 83.6 Å². The third kappa shape index (κ3) is 3.43. The molecule has 0 spiro atoms. The number of fused-ring (bicyclic) bond motifs is 1. The number of nitro benzene ring substituents is 1. The summed E-state index contributed by atoms with van der Waals surface area (Å²) in [6.45, 7) is 0. The van der Waals surface area contributed by atoms with Gasteiger partial charge in [-0.15, -0.1) is 11.3 Å². The molecule has 1 aromatic heterocycles. The number of methoxy groups -OCH3 is 1. The third-order valence-corrected chi connectivity index (χ3v) is 6.15. The van der Waals surface area contributed by atoms with Gasteiger partial charge >= 0.3 is 5.97 Å². The molecule has 3 aromatic rings. The van der Waals surface area contributed by atoms with Gasteiger partial charge in [-0.25, -0.2) is 9.79 Å². The first-order chi connectivity index (χ1) is 14.8. The Balaban J connectivity index is 1.98. The first-order valence-corrected chi connectivity index (χ1v) is 10.0. The highest BCUT2D eigenvalue weighted by Crippen LogP contribution is 2.37. The molecule has 11 heteroatoms. The normalized spacial score (nSPS) is 13.5. The molecule has 0 bridgehead atoms. The number of aromatic hydroxyl groups is 1. The van der Waals surface area contributed by atoms with Gasteiger partial charge in [-0.05, 0) is 23.8 Å². The number of rotatable bonds is 5. The van der Waals surface area contributed by atoms with Crippen LogP contribution in [0.3, 0.4) is 0 Å². The first-order valence-electron chi connectivity index (χ1n) is 8.82. The van der Waals surface area contributed by atoms with Crippen LogP contribution in [0.25, 0.3) is 5.57 Å². The lowest BCUT2D eigenvalue weighted by Gasteiger charge is -2.17. The summed E-state index contributed by atoms with van der Waals surface area (Å²) in [7, 11) is 1.22. The van der Waals surface area contributed by atoms with Gasteiger partial charge in [0.15, 0.2) is 10.00 Å². The Morgan fingerprint density at radius 2 is 2.00 bits per heavy atom. The second-order valence-corrected chi connectivity index (χ2v) is 8.12. The molecule has 31 heavy (non-hydrogen) atoms. The summed E-state index contributed by atoms with van der Waals surface area (Å²) < 4.78 is 6.22. The van der Waals surface area contributed by atoms with E-state index in [-0.39, 0.29) is 30.7 Å². The molecule has 9 nitrogen and oxygen atoms in total. The highest BCUT2D eigenvalue weighted by atomic mass is 32.1. The van der Waals surface area contributed by atoms with E-state index >= 15 is 0 Å². The van der Waals surface area contributed by atoms with E-state index in [4.69, 9.17) is 17.0 Å². The van der Waals surface area contributed by atoms with Gasteiger partial charge in [0.05, 0.1) is 23.0 Å². The van der Waals surface area contributed by atoms with E-state index in [1.165, 1.54) is 29.9 Å². The van der Waals surface area contributed by atoms with Gasteiger partial charge in [0.1, 0.15) is 4.88 Å². The van der Waals surface area contributed by atoms with Crippen LogP contribution in [0, 0.1) is 14.1 Å². The van der Waals surface area contributed by atoms with E-state index in [0.29, 0.717) is 5.56 Å². The Morgan fingerprint density at radius 1 is 1.29 bits per heavy atom. The summed E-state index contributed by atoms with van der Waals surface area (Å²) in [5.41, 5.74) is 0.289. The Hall–Kier alpha value is -3.70. The van der Waals surface area contributed by atoms with Crippen molar-refractivity contribution in [3.8, 4) is 5.88 Å². The van der Waals surface area contributed by atoms with Crippen molar-refractivity contribution in [2.75, 3.05) is 7.11 Å². The molecule has 2 heterocycles. The van der Waals surface area contributed by atoms with Crippen LogP contribution >= 0.6 is 23.6 Å². The van der Waals surface area contributed by atoms with Crippen molar-refractivity contribution in [3.63, 3.8) is 0 Å². The minimum Gasteiger partial charge on any atom is -0.493 e. The summed E-state index contributed by atoms with van der Waals surface area (Å²) in [5.74, 6) is -1.75. The largest absolute Gasteiger partial charge is 0.493 e. The molecular weight excluding hydrogens is 442 g/mol. The fourth-order valence-electron chi connectivity index (χ4n) is 3.34. The molecule has 1 amide bonds. The van der Waals surface area contributed by atoms with E-state index in [0.717, 1.165) is 11.3 Å². The molecule has 1 N–H and O–H groups in total. The SMILES string of the molecule is COC(=O)C(c1ccccc1)n1c(O)c(C2=c3cc([N+](=O)[O-])ccc3=NC2=O)sc1=S. The van der Waals surface area contributed by atoms with Crippen molar-refractivity contribution in [1.82, 2.24) is 4.57 Å². The summed E-state index contributed by atoms with van der Waals surface area (Å²) in [5, 5.41) is 22.7. The predicted octanol–water partition coefficient (Wildman–Crippen LogP) is 2.01. The van der Waals surface area contributed by atoms with Crippen LogP contribution in [0.2, 0.25) is 0 Å². The van der Waals surface area contributed by atoms with Crippen molar-refractivity contribution in [2.45, 2.75) is 6.04 Å². The van der Waals surface area contributed by atoms with Crippen LogP contribution in [0.1, 0.15) is 16.5 Å². The lowest BCUT2D eigenvalue weighted by molar-refractivity contribution is -0.385. The minimum atomic E-state index is -1.08. The van der Waals surface area contributed by atoms with Gasteiger partial charge in [0.25, 0.3) is 11.6 Å². The topological polar surface area (TPSA) is 124 Å². The van der Waals surface area contributed by atoms with Crippen LogP contribution in [-0.2, 0) is 14.3 Å². The molecule has 1 unspecified atom stereocenters. The Bertz CT molecular complexity index is 1430. The average Bonchev–Trinajstić information content (AvgIpc) is 3.23. The number of carbonyl (C=O) groups excluding carboxylic acids is 2. The van der Waals surface area contributed by atoms with Crippen LogP contribution in [-0.4, -0.2) is 33.6 Å².